The van der Waals surface area contributed by atoms with Gasteiger partial charge in [0, 0.05) is 29.1 Å². The number of hydrogen-bond donors (Lipinski definition) is 2. The molecule has 2 heterocycles. The third-order valence-corrected chi connectivity index (χ3v) is 4.39. The summed E-state index contributed by atoms with van der Waals surface area (Å²) in [6.07, 6.45) is 3.42. The average molecular weight is 348 g/mol. The Labute approximate surface area is 151 Å². The Hall–Kier alpha value is -3.12. The Balaban J connectivity index is 1.61. The average Bonchev–Trinajstić information content (AvgIpc) is 3.29. The summed E-state index contributed by atoms with van der Waals surface area (Å²) in [5, 5.41) is 5.25. The summed E-state index contributed by atoms with van der Waals surface area (Å²) < 4.78 is 10.7. The van der Waals surface area contributed by atoms with E-state index in [9.17, 15) is 0 Å². The molecule has 2 aromatic heterocycles. The standard InChI is InChI=1S/C20H20N4O2/c1-25-16-4-2-3-13(9-16)10-19-23-20(26-24-19)14-5-6-18-17(11-14)15(7-8-21)12-22-18/h2-6,9,11-12,22H,7-8,10,21H2,1H3. The highest BCUT2D eigenvalue weighted by atomic mass is 16.5. The summed E-state index contributed by atoms with van der Waals surface area (Å²) in [4.78, 5) is 7.81. The van der Waals surface area contributed by atoms with E-state index in [-0.39, 0.29) is 0 Å². The first kappa shape index (κ1) is 16.4. The van der Waals surface area contributed by atoms with Crippen molar-refractivity contribution in [3.63, 3.8) is 0 Å². The molecule has 2 aromatic carbocycles. The highest BCUT2D eigenvalue weighted by Gasteiger charge is 2.12. The molecule has 0 amide bonds. The molecular formula is C20H20N4O2. The van der Waals surface area contributed by atoms with Crippen LogP contribution < -0.4 is 10.5 Å². The van der Waals surface area contributed by atoms with Crippen molar-refractivity contribution in [1.82, 2.24) is 15.1 Å². The zero-order valence-electron chi connectivity index (χ0n) is 14.5. The number of fused-ring (bicyclic) bond motifs is 1. The number of H-pyrrole nitrogens is 1. The third kappa shape index (κ3) is 3.19. The van der Waals surface area contributed by atoms with Crippen LogP contribution in [0, 0.1) is 0 Å². The molecular weight excluding hydrogens is 328 g/mol. The first-order valence-electron chi connectivity index (χ1n) is 8.53. The smallest absolute Gasteiger partial charge is 0.257 e. The predicted molar refractivity (Wildman–Crippen MR) is 100 cm³/mol. The molecule has 132 valence electrons. The molecule has 0 saturated carbocycles. The number of nitrogens with two attached hydrogens (primary N) is 1. The van der Waals surface area contributed by atoms with Gasteiger partial charge in [-0.05, 0) is 54.4 Å². The van der Waals surface area contributed by atoms with Crippen molar-refractivity contribution in [1.29, 1.82) is 0 Å². The van der Waals surface area contributed by atoms with Crippen LogP contribution in [0.3, 0.4) is 0 Å². The van der Waals surface area contributed by atoms with E-state index in [2.05, 4.69) is 21.2 Å². The molecule has 6 nitrogen and oxygen atoms in total. The molecule has 0 aliphatic heterocycles. The van der Waals surface area contributed by atoms with Crippen LogP contribution in [0.1, 0.15) is 17.0 Å². The second kappa shape index (κ2) is 7.01. The van der Waals surface area contributed by atoms with Crippen LogP contribution in [0.15, 0.2) is 53.2 Å². The quantitative estimate of drug-likeness (QED) is 0.558. The van der Waals surface area contributed by atoms with E-state index in [4.69, 9.17) is 15.0 Å². The largest absolute Gasteiger partial charge is 0.497 e. The van der Waals surface area contributed by atoms with Gasteiger partial charge in [0.2, 0.25) is 0 Å². The Morgan fingerprint density at radius 3 is 2.96 bits per heavy atom. The monoisotopic (exact) mass is 348 g/mol. The number of aromatic nitrogens is 3. The maximum absolute atomic E-state index is 5.69. The van der Waals surface area contributed by atoms with Crippen LogP contribution in [-0.2, 0) is 12.8 Å². The minimum atomic E-state index is 0.518. The van der Waals surface area contributed by atoms with Crippen molar-refractivity contribution < 1.29 is 9.26 Å². The highest BCUT2D eigenvalue weighted by Crippen LogP contribution is 2.26. The summed E-state index contributed by atoms with van der Waals surface area (Å²) in [6, 6.07) is 13.9. The minimum Gasteiger partial charge on any atom is -0.497 e. The maximum atomic E-state index is 5.69. The highest BCUT2D eigenvalue weighted by molar-refractivity contribution is 5.87. The summed E-state index contributed by atoms with van der Waals surface area (Å²) in [5.41, 5.74) is 9.94. The number of rotatable bonds is 6. The van der Waals surface area contributed by atoms with E-state index in [1.54, 1.807) is 7.11 Å². The molecule has 0 saturated heterocycles. The van der Waals surface area contributed by atoms with Crippen LogP contribution in [0.25, 0.3) is 22.4 Å². The van der Waals surface area contributed by atoms with E-state index in [1.165, 1.54) is 5.56 Å². The lowest BCUT2D eigenvalue weighted by atomic mass is 10.1. The van der Waals surface area contributed by atoms with Gasteiger partial charge in [-0.1, -0.05) is 17.3 Å². The Morgan fingerprint density at radius 2 is 2.12 bits per heavy atom. The first-order valence-corrected chi connectivity index (χ1v) is 8.53. The maximum Gasteiger partial charge on any atom is 0.257 e. The van der Waals surface area contributed by atoms with Crippen molar-refractivity contribution in [3.8, 4) is 17.2 Å². The fraction of sp³-hybridized carbons (Fsp3) is 0.200. The van der Waals surface area contributed by atoms with E-state index in [0.29, 0.717) is 24.7 Å². The summed E-state index contributed by atoms with van der Waals surface area (Å²) in [6.45, 7) is 0.614. The fourth-order valence-electron chi connectivity index (χ4n) is 3.08. The lowest BCUT2D eigenvalue weighted by Crippen LogP contribution is -2.01. The van der Waals surface area contributed by atoms with E-state index >= 15 is 0 Å². The van der Waals surface area contributed by atoms with Crippen molar-refractivity contribution in [3.05, 3.63) is 65.6 Å². The van der Waals surface area contributed by atoms with Gasteiger partial charge in [-0.25, -0.2) is 0 Å². The molecule has 0 aliphatic rings. The number of benzene rings is 2. The van der Waals surface area contributed by atoms with Gasteiger partial charge in [-0.3, -0.25) is 0 Å². The number of nitrogens with zero attached hydrogens (tertiary/aromatic N) is 2. The molecule has 3 N–H and O–H groups in total. The zero-order valence-corrected chi connectivity index (χ0v) is 14.5. The summed E-state index contributed by atoms with van der Waals surface area (Å²) >= 11 is 0. The zero-order chi connectivity index (χ0) is 17.9. The predicted octanol–water partition coefficient (Wildman–Crippen LogP) is 3.32. The van der Waals surface area contributed by atoms with Gasteiger partial charge in [0.25, 0.3) is 5.89 Å². The molecule has 0 unspecified atom stereocenters. The van der Waals surface area contributed by atoms with Gasteiger partial charge in [0.1, 0.15) is 5.75 Å². The van der Waals surface area contributed by atoms with Crippen LogP contribution in [0.2, 0.25) is 0 Å². The van der Waals surface area contributed by atoms with Crippen molar-refractivity contribution in [2.75, 3.05) is 13.7 Å². The molecule has 0 spiro atoms. The van der Waals surface area contributed by atoms with Gasteiger partial charge >= 0.3 is 0 Å². The lowest BCUT2D eigenvalue weighted by Gasteiger charge is -2.01. The molecule has 4 rings (SSSR count). The van der Waals surface area contributed by atoms with Crippen molar-refractivity contribution in [2.45, 2.75) is 12.8 Å². The fourth-order valence-corrected chi connectivity index (χ4v) is 3.08. The second-order valence-electron chi connectivity index (χ2n) is 6.16. The molecule has 0 aliphatic carbocycles. The molecule has 0 radical (unpaired) electrons. The minimum absolute atomic E-state index is 0.518. The molecule has 6 heteroatoms. The van der Waals surface area contributed by atoms with Crippen LogP contribution in [0.5, 0.6) is 5.75 Å². The number of methoxy groups -OCH3 is 1. The first-order chi connectivity index (χ1) is 12.8. The topological polar surface area (TPSA) is 90.0 Å². The second-order valence-corrected chi connectivity index (χ2v) is 6.16. The summed E-state index contributed by atoms with van der Waals surface area (Å²) in [7, 11) is 1.65. The van der Waals surface area contributed by atoms with Gasteiger partial charge < -0.3 is 20.0 Å². The van der Waals surface area contributed by atoms with Crippen LogP contribution >= 0.6 is 0 Å². The SMILES string of the molecule is COc1cccc(Cc2noc(-c3ccc4[nH]cc(CCN)c4c3)n2)c1. The Bertz CT molecular complexity index is 1040. The van der Waals surface area contributed by atoms with Gasteiger partial charge in [-0.15, -0.1) is 0 Å². The van der Waals surface area contributed by atoms with E-state index < -0.39 is 0 Å². The number of aromatic amines is 1. The number of ether oxygens (including phenoxy) is 1. The van der Waals surface area contributed by atoms with Gasteiger partial charge in [0.05, 0.1) is 7.11 Å². The van der Waals surface area contributed by atoms with Crippen molar-refractivity contribution in [2.24, 2.45) is 5.73 Å². The Kier molecular flexibility index (Phi) is 4.41. The van der Waals surface area contributed by atoms with E-state index in [1.807, 2.05) is 42.6 Å². The molecule has 4 aromatic rings. The van der Waals surface area contributed by atoms with Crippen LogP contribution in [-0.4, -0.2) is 28.8 Å². The number of nitrogens with one attached hydrogen (secondary N) is 1. The summed E-state index contributed by atoms with van der Waals surface area (Å²) in [5.74, 6) is 1.98. The lowest BCUT2D eigenvalue weighted by molar-refractivity contribution is 0.414. The van der Waals surface area contributed by atoms with Crippen molar-refractivity contribution >= 4 is 10.9 Å². The molecule has 0 bridgehead atoms. The Morgan fingerprint density at radius 1 is 1.19 bits per heavy atom. The van der Waals surface area contributed by atoms with Gasteiger partial charge in [-0.2, -0.15) is 4.98 Å². The van der Waals surface area contributed by atoms with E-state index in [0.717, 1.165) is 34.2 Å². The van der Waals surface area contributed by atoms with Gasteiger partial charge in [0.15, 0.2) is 5.82 Å². The number of hydrogen-bond acceptors (Lipinski definition) is 5. The molecule has 0 atom stereocenters. The molecule has 26 heavy (non-hydrogen) atoms. The van der Waals surface area contributed by atoms with Crippen LogP contribution in [0.4, 0.5) is 0 Å². The molecule has 0 fully saturated rings. The third-order valence-electron chi connectivity index (χ3n) is 4.39. The normalized spacial score (nSPS) is 11.2.